The van der Waals surface area contributed by atoms with Gasteiger partial charge in [-0.15, -0.1) is 0 Å². The zero-order chi connectivity index (χ0) is 18.1. The fourth-order valence-corrected chi connectivity index (χ4v) is 3.22. The van der Waals surface area contributed by atoms with Crippen LogP contribution < -0.4 is 5.32 Å². The molecule has 1 aromatic heterocycles. The molecule has 0 aliphatic rings. The first-order valence-corrected chi connectivity index (χ1v) is 9.40. The number of halogens is 2. The average molecular weight is 472 g/mol. The lowest BCUT2D eigenvalue weighted by Gasteiger charge is -2.05. The summed E-state index contributed by atoms with van der Waals surface area (Å²) in [6.07, 6.45) is 0. The number of nitrogens with one attached hydrogen (secondary N) is 1. The zero-order valence-electron chi connectivity index (χ0n) is 13.4. The van der Waals surface area contributed by atoms with E-state index in [1.165, 1.54) is 0 Å². The molecule has 6 heteroatoms. The fraction of sp³-hybridized carbons (Fsp3) is 0. The zero-order valence-corrected chi connectivity index (χ0v) is 16.5. The number of aromatic nitrogens is 1. The highest BCUT2D eigenvalue weighted by Gasteiger charge is 2.11. The number of benzene rings is 3. The Kier molecular flexibility index (Phi) is 4.61. The normalized spacial score (nSPS) is 10.8. The van der Waals surface area contributed by atoms with Gasteiger partial charge in [0.1, 0.15) is 5.52 Å². The van der Waals surface area contributed by atoms with Gasteiger partial charge in [0.05, 0.1) is 0 Å². The summed E-state index contributed by atoms with van der Waals surface area (Å²) in [6.45, 7) is 0. The van der Waals surface area contributed by atoms with Crippen LogP contribution in [0.15, 0.2) is 80.1 Å². The van der Waals surface area contributed by atoms with Gasteiger partial charge in [0, 0.05) is 25.8 Å². The maximum atomic E-state index is 12.4. The number of nitrogens with zero attached hydrogens (tertiary/aromatic N) is 1. The minimum Gasteiger partial charge on any atom is -0.436 e. The summed E-state index contributed by atoms with van der Waals surface area (Å²) < 4.78 is 7.70. The first kappa shape index (κ1) is 17.0. The molecule has 1 amide bonds. The summed E-state index contributed by atoms with van der Waals surface area (Å²) in [4.78, 5) is 16.9. The van der Waals surface area contributed by atoms with Crippen molar-refractivity contribution < 1.29 is 9.21 Å². The lowest BCUT2D eigenvalue weighted by molar-refractivity contribution is 0.102. The van der Waals surface area contributed by atoms with Crippen molar-refractivity contribution in [3.05, 3.63) is 81.2 Å². The Labute approximate surface area is 166 Å². The predicted octanol–water partition coefficient (Wildman–Crippen LogP) is 6.27. The van der Waals surface area contributed by atoms with Crippen LogP contribution in [0.3, 0.4) is 0 Å². The van der Waals surface area contributed by atoms with Crippen LogP contribution in [0.2, 0.25) is 0 Å². The summed E-state index contributed by atoms with van der Waals surface area (Å²) in [5, 5.41) is 2.88. The van der Waals surface area contributed by atoms with E-state index in [0.29, 0.717) is 28.2 Å². The topological polar surface area (TPSA) is 55.1 Å². The molecule has 0 unspecified atom stereocenters. The van der Waals surface area contributed by atoms with E-state index in [0.717, 1.165) is 14.5 Å². The highest BCUT2D eigenvalue weighted by molar-refractivity contribution is 9.10. The van der Waals surface area contributed by atoms with Crippen molar-refractivity contribution in [3.63, 3.8) is 0 Å². The van der Waals surface area contributed by atoms with Gasteiger partial charge < -0.3 is 9.73 Å². The Bertz CT molecular complexity index is 1100. The monoisotopic (exact) mass is 470 g/mol. The number of rotatable bonds is 3. The largest absolute Gasteiger partial charge is 0.436 e. The number of hydrogen-bond acceptors (Lipinski definition) is 3. The molecule has 4 aromatic rings. The number of amides is 1. The van der Waals surface area contributed by atoms with Crippen LogP contribution in [0.4, 0.5) is 5.69 Å². The van der Waals surface area contributed by atoms with Crippen LogP contribution in [0.5, 0.6) is 0 Å². The van der Waals surface area contributed by atoms with Crippen molar-refractivity contribution in [2.24, 2.45) is 0 Å². The minimum atomic E-state index is -0.174. The summed E-state index contributed by atoms with van der Waals surface area (Å²) in [6, 6.07) is 20.4. The van der Waals surface area contributed by atoms with Gasteiger partial charge in [-0.1, -0.05) is 37.9 Å². The Morgan fingerprint density at radius 1 is 0.923 bits per heavy atom. The van der Waals surface area contributed by atoms with Crippen LogP contribution in [-0.4, -0.2) is 10.9 Å². The van der Waals surface area contributed by atoms with Gasteiger partial charge in [0.15, 0.2) is 5.58 Å². The van der Waals surface area contributed by atoms with Gasteiger partial charge in [0.25, 0.3) is 5.91 Å². The van der Waals surface area contributed by atoms with E-state index in [2.05, 4.69) is 42.2 Å². The van der Waals surface area contributed by atoms with Gasteiger partial charge >= 0.3 is 0 Å². The first-order chi connectivity index (χ1) is 12.6. The quantitative estimate of drug-likeness (QED) is 0.383. The standard InChI is InChI=1S/C20H12Br2N2O2/c21-14-6-4-12(5-7-14)19(25)23-16-8-9-18-17(11-16)24-20(26-18)13-2-1-3-15(22)10-13/h1-11H,(H,23,25). The Morgan fingerprint density at radius 3 is 2.50 bits per heavy atom. The summed E-state index contributed by atoms with van der Waals surface area (Å²) in [5.41, 5.74) is 3.49. The van der Waals surface area contributed by atoms with E-state index < -0.39 is 0 Å². The predicted molar refractivity (Wildman–Crippen MR) is 109 cm³/mol. The van der Waals surface area contributed by atoms with Crippen molar-refractivity contribution in [2.75, 3.05) is 5.32 Å². The molecule has 1 N–H and O–H groups in total. The Hall–Kier alpha value is -2.44. The number of carbonyl (C=O) groups excluding carboxylic acids is 1. The molecule has 0 bridgehead atoms. The lowest BCUT2D eigenvalue weighted by atomic mass is 10.2. The van der Waals surface area contributed by atoms with E-state index in [1.807, 2.05) is 36.4 Å². The molecule has 0 radical (unpaired) electrons. The Balaban J connectivity index is 1.61. The van der Waals surface area contributed by atoms with E-state index in [9.17, 15) is 4.79 Å². The first-order valence-electron chi connectivity index (χ1n) is 7.82. The molecule has 0 spiro atoms. The molecule has 0 atom stereocenters. The summed E-state index contributed by atoms with van der Waals surface area (Å²) >= 11 is 6.81. The maximum Gasteiger partial charge on any atom is 0.255 e. The van der Waals surface area contributed by atoms with E-state index >= 15 is 0 Å². The van der Waals surface area contributed by atoms with Crippen molar-refractivity contribution in [1.29, 1.82) is 0 Å². The van der Waals surface area contributed by atoms with Crippen LogP contribution in [0.25, 0.3) is 22.6 Å². The van der Waals surface area contributed by atoms with E-state index in [1.54, 1.807) is 30.3 Å². The van der Waals surface area contributed by atoms with E-state index in [-0.39, 0.29) is 5.91 Å². The molecule has 4 rings (SSSR count). The highest BCUT2D eigenvalue weighted by atomic mass is 79.9. The third-order valence-corrected chi connectivity index (χ3v) is 4.85. The second kappa shape index (κ2) is 7.05. The second-order valence-electron chi connectivity index (χ2n) is 5.67. The third kappa shape index (κ3) is 3.57. The molecule has 0 aliphatic carbocycles. The third-order valence-electron chi connectivity index (χ3n) is 3.82. The molecule has 0 aliphatic heterocycles. The summed E-state index contributed by atoms with van der Waals surface area (Å²) in [7, 11) is 0. The molecule has 128 valence electrons. The molecule has 4 nitrogen and oxygen atoms in total. The molecule has 1 heterocycles. The minimum absolute atomic E-state index is 0.174. The lowest BCUT2D eigenvalue weighted by Crippen LogP contribution is -2.11. The molecular formula is C20H12Br2N2O2. The average Bonchev–Trinajstić information content (AvgIpc) is 3.05. The number of oxazole rings is 1. The van der Waals surface area contributed by atoms with Crippen LogP contribution in [0, 0.1) is 0 Å². The summed E-state index contributed by atoms with van der Waals surface area (Å²) in [5.74, 6) is 0.366. The molecular weight excluding hydrogens is 460 g/mol. The number of anilines is 1. The highest BCUT2D eigenvalue weighted by Crippen LogP contribution is 2.28. The maximum absolute atomic E-state index is 12.4. The van der Waals surface area contributed by atoms with Gasteiger partial charge in [-0.05, 0) is 60.7 Å². The fourth-order valence-electron chi connectivity index (χ4n) is 2.55. The number of hydrogen-bond donors (Lipinski definition) is 1. The number of carbonyl (C=O) groups is 1. The smallest absolute Gasteiger partial charge is 0.255 e. The van der Waals surface area contributed by atoms with Crippen molar-refractivity contribution in [2.45, 2.75) is 0 Å². The van der Waals surface area contributed by atoms with Crippen LogP contribution in [0.1, 0.15) is 10.4 Å². The molecule has 0 fully saturated rings. The van der Waals surface area contributed by atoms with Crippen molar-refractivity contribution in [1.82, 2.24) is 4.98 Å². The van der Waals surface area contributed by atoms with E-state index in [4.69, 9.17) is 4.42 Å². The Morgan fingerprint density at radius 2 is 1.73 bits per heavy atom. The molecule has 0 saturated carbocycles. The molecule has 26 heavy (non-hydrogen) atoms. The van der Waals surface area contributed by atoms with Crippen molar-refractivity contribution >= 4 is 54.6 Å². The molecule has 0 saturated heterocycles. The van der Waals surface area contributed by atoms with Gasteiger partial charge in [-0.25, -0.2) is 4.98 Å². The van der Waals surface area contributed by atoms with Crippen LogP contribution in [-0.2, 0) is 0 Å². The number of fused-ring (bicyclic) bond motifs is 1. The van der Waals surface area contributed by atoms with Crippen LogP contribution >= 0.6 is 31.9 Å². The van der Waals surface area contributed by atoms with Gasteiger partial charge in [0.2, 0.25) is 5.89 Å². The van der Waals surface area contributed by atoms with Gasteiger partial charge in [-0.2, -0.15) is 0 Å². The SMILES string of the molecule is O=C(Nc1ccc2oc(-c3cccc(Br)c3)nc2c1)c1ccc(Br)cc1. The van der Waals surface area contributed by atoms with Gasteiger partial charge in [-0.3, -0.25) is 4.79 Å². The molecule has 3 aromatic carbocycles. The second-order valence-corrected chi connectivity index (χ2v) is 7.50. The van der Waals surface area contributed by atoms with Crippen molar-refractivity contribution in [3.8, 4) is 11.5 Å².